The van der Waals surface area contributed by atoms with Crippen molar-refractivity contribution in [2.24, 2.45) is 0 Å². The van der Waals surface area contributed by atoms with Crippen molar-refractivity contribution in [2.75, 3.05) is 13.1 Å². The number of rotatable bonds is 30. The van der Waals surface area contributed by atoms with Crippen LogP contribution in [0.25, 0.3) is 43.1 Å². The Balaban J connectivity index is 1.32. The number of imide groups is 2. The Bertz CT molecular complexity index is 2630. The molecule has 0 aromatic heterocycles. The molecule has 4 amide bonds. The number of hydrogen-bond donors (Lipinski definition) is 2. The molecule has 0 bridgehead atoms. The average molecular weight is 975 g/mol. The van der Waals surface area contributed by atoms with E-state index in [1.165, 1.54) is 86.8 Å². The van der Waals surface area contributed by atoms with Gasteiger partial charge in [0, 0.05) is 78.8 Å². The number of aliphatic hydroxyl groups is 2. The number of fused-ring (bicyclic) bond motifs is 2. The number of hydrogen-bond acceptors (Lipinski definition) is 6. The van der Waals surface area contributed by atoms with Gasteiger partial charge in [0.05, 0.1) is 0 Å². The maximum Gasteiger partial charge on any atom is 0.261 e. The fourth-order valence-corrected chi connectivity index (χ4v) is 11.3. The molecule has 0 spiro atoms. The lowest BCUT2D eigenvalue weighted by molar-refractivity contribution is 0.0592. The lowest BCUT2D eigenvalue weighted by Gasteiger charge is -2.31. The third kappa shape index (κ3) is 12.5. The minimum Gasteiger partial charge on any atom is -0.380 e. The van der Waals surface area contributed by atoms with Crippen LogP contribution in [-0.4, -0.2) is 68.9 Å². The maximum atomic E-state index is 14.8. The Kier molecular flexibility index (Phi) is 20.5. The molecule has 2 aliphatic rings. The zero-order valence-electron chi connectivity index (χ0n) is 44.3. The molecule has 2 N–H and O–H groups in total. The van der Waals surface area contributed by atoms with Crippen LogP contribution in [0.3, 0.4) is 0 Å². The van der Waals surface area contributed by atoms with E-state index in [2.05, 4.69) is 51.4 Å². The number of benzene rings is 5. The minimum atomic E-state index is -0.885. The second-order valence-electron chi connectivity index (χ2n) is 21.0. The van der Waals surface area contributed by atoms with Gasteiger partial charge in [-0.1, -0.05) is 205 Å². The van der Waals surface area contributed by atoms with Gasteiger partial charge in [0.15, 0.2) is 0 Å². The van der Waals surface area contributed by atoms with Crippen LogP contribution in [0, 0.1) is 23.7 Å². The first-order valence-electron chi connectivity index (χ1n) is 28.6. The van der Waals surface area contributed by atoms with Gasteiger partial charge in [0.25, 0.3) is 23.6 Å². The van der Waals surface area contributed by atoms with Gasteiger partial charge in [-0.05, 0) is 73.6 Å². The van der Waals surface area contributed by atoms with Crippen LogP contribution in [0.2, 0.25) is 0 Å². The zero-order chi connectivity index (χ0) is 51.0. The van der Waals surface area contributed by atoms with Crippen LogP contribution in [0.4, 0.5) is 0 Å². The fourth-order valence-electron chi connectivity index (χ4n) is 11.3. The van der Waals surface area contributed by atoms with Crippen molar-refractivity contribution in [3.63, 3.8) is 0 Å². The Morgan fingerprint density at radius 3 is 1.03 bits per heavy atom. The van der Waals surface area contributed by atoms with Crippen molar-refractivity contribution in [3.8, 4) is 23.7 Å². The molecule has 384 valence electrons. The van der Waals surface area contributed by atoms with E-state index in [-0.39, 0.29) is 23.6 Å². The molecule has 0 radical (unpaired) electrons. The first-order valence-corrected chi connectivity index (χ1v) is 28.6. The molecule has 5 aromatic carbocycles. The Labute approximate surface area is 430 Å². The van der Waals surface area contributed by atoms with Crippen LogP contribution in [0.15, 0.2) is 36.4 Å². The van der Waals surface area contributed by atoms with E-state index in [1.807, 2.05) is 24.3 Å². The number of aliphatic hydroxyl groups excluding tert-OH is 2. The fraction of sp³-hybridized carbons (Fsp3) is 0.562. The minimum absolute atomic E-state index is 0.321. The standard InChI is InChI=1S/C64H82N2O6/c1-5-9-13-15-17-19-21-23-25-29-41-65-61(69)51-39-37-49-56-46(34-36-48(68)32-28-12-8-4)44-54-58-52(62(70)66(64(54)72)42-30-26-24-22-20-18-16-14-10-6-2)40-38-50(60(56)58)55-45(33-35-47(67)31-27-11-7-3)43-53(63(65)71)57(51)59(49)55/h37-40,43-44,47-48,67-68H,5-32,41-42H2,1-4H3. The third-order valence-corrected chi connectivity index (χ3v) is 15.4. The second kappa shape index (κ2) is 27.1. The van der Waals surface area contributed by atoms with Crippen molar-refractivity contribution in [1.29, 1.82) is 0 Å². The first-order chi connectivity index (χ1) is 35.2. The zero-order valence-corrected chi connectivity index (χ0v) is 44.3. The summed E-state index contributed by atoms with van der Waals surface area (Å²) in [5.74, 6) is 11.5. The van der Waals surface area contributed by atoms with Gasteiger partial charge < -0.3 is 10.2 Å². The highest BCUT2D eigenvalue weighted by Gasteiger charge is 2.38. The quantitative estimate of drug-likeness (QED) is 0.0156. The molecular formula is C64H82N2O6. The molecule has 0 aliphatic carbocycles. The summed E-state index contributed by atoms with van der Waals surface area (Å²) >= 11 is 0. The second-order valence-corrected chi connectivity index (χ2v) is 21.0. The molecule has 0 fully saturated rings. The van der Waals surface area contributed by atoms with Gasteiger partial charge in [-0.15, -0.1) is 0 Å². The monoisotopic (exact) mass is 975 g/mol. The van der Waals surface area contributed by atoms with Crippen molar-refractivity contribution in [2.45, 2.75) is 220 Å². The van der Waals surface area contributed by atoms with Crippen molar-refractivity contribution in [1.82, 2.24) is 9.80 Å². The summed E-state index contributed by atoms with van der Waals surface area (Å²) in [5, 5.41) is 27.7. The summed E-state index contributed by atoms with van der Waals surface area (Å²) < 4.78 is 0. The van der Waals surface area contributed by atoms with Gasteiger partial charge in [0.1, 0.15) is 12.2 Å². The Morgan fingerprint density at radius 1 is 0.375 bits per heavy atom. The number of carbonyl (C=O) groups excluding carboxylic acids is 4. The highest BCUT2D eigenvalue weighted by atomic mass is 16.3. The molecule has 2 aliphatic heterocycles. The molecule has 5 aromatic rings. The largest absolute Gasteiger partial charge is 0.380 e. The molecule has 8 nitrogen and oxygen atoms in total. The Morgan fingerprint density at radius 2 is 0.681 bits per heavy atom. The first kappa shape index (κ1) is 54.5. The summed E-state index contributed by atoms with van der Waals surface area (Å²) in [5.41, 5.74) is 2.74. The van der Waals surface area contributed by atoms with E-state index in [9.17, 15) is 29.4 Å². The summed E-state index contributed by atoms with van der Waals surface area (Å²) in [6.07, 6.45) is 27.8. The number of nitrogens with zero attached hydrogens (tertiary/aromatic N) is 2. The van der Waals surface area contributed by atoms with Gasteiger partial charge in [-0.2, -0.15) is 0 Å². The average Bonchev–Trinajstić information content (AvgIpc) is 3.38. The lowest BCUT2D eigenvalue weighted by atomic mass is 9.79. The van der Waals surface area contributed by atoms with Gasteiger partial charge in [0.2, 0.25) is 0 Å². The molecule has 0 saturated heterocycles. The predicted molar refractivity (Wildman–Crippen MR) is 296 cm³/mol. The van der Waals surface area contributed by atoms with E-state index in [4.69, 9.17) is 0 Å². The highest BCUT2D eigenvalue weighted by Crippen LogP contribution is 2.48. The molecule has 7 rings (SSSR count). The summed E-state index contributed by atoms with van der Waals surface area (Å²) in [7, 11) is 0. The molecule has 8 heteroatoms. The molecule has 2 unspecified atom stereocenters. The number of unbranched alkanes of at least 4 members (excludes halogenated alkanes) is 22. The summed E-state index contributed by atoms with van der Waals surface area (Å²) in [6.45, 7) is 9.35. The molecular weight excluding hydrogens is 893 g/mol. The Hall–Kier alpha value is -5.28. The highest BCUT2D eigenvalue weighted by molar-refractivity contribution is 6.42. The summed E-state index contributed by atoms with van der Waals surface area (Å²) in [4.78, 5) is 61.6. The van der Waals surface area contributed by atoms with E-state index >= 15 is 0 Å². The predicted octanol–water partition coefficient (Wildman–Crippen LogP) is 15.4. The van der Waals surface area contributed by atoms with Crippen molar-refractivity contribution < 1.29 is 29.4 Å². The van der Waals surface area contributed by atoms with Crippen LogP contribution in [0.5, 0.6) is 0 Å². The van der Waals surface area contributed by atoms with E-state index in [1.54, 1.807) is 12.1 Å². The molecule has 0 saturated carbocycles. The van der Waals surface area contributed by atoms with Crippen LogP contribution < -0.4 is 0 Å². The third-order valence-electron chi connectivity index (χ3n) is 15.4. The van der Waals surface area contributed by atoms with E-state index in [0.29, 0.717) is 91.6 Å². The number of amides is 4. The van der Waals surface area contributed by atoms with Gasteiger partial charge >= 0.3 is 0 Å². The van der Waals surface area contributed by atoms with E-state index in [0.717, 1.165) is 101 Å². The molecule has 2 atom stereocenters. The lowest BCUT2D eigenvalue weighted by Crippen LogP contribution is -2.41. The molecule has 2 heterocycles. The molecule has 72 heavy (non-hydrogen) atoms. The van der Waals surface area contributed by atoms with Crippen LogP contribution in [0.1, 0.15) is 260 Å². The summed E-state index contributed by atoms with van der Waals surface area (Å²) in [6, 6.07) is 11.1. The smallest absolute Gasteiger partial charge is 0.261 e. The topological polar surface area (TPSA) is 115 Å². The van der Waals surface area contributed by atoms with Gasteiger partial charge in [-0.3, -0.25) is 29.0 Å². The van der Waals surface area contributed by atoms with Crippen LogP contribution >= 0.6 is 0 Å². The maximum absolute atomic E-state index is 14.8. The van der Waals surface area contributed by atoms with Crippen molar-refractivity contribution >= 4 is 66.7 Å². The SMILES string of the molecule is CCCCCCCCCCCCN1C(=O)c2ccc3c4c(C#CC(O)CCCCC)cc5c6c(ccc(c7c(C#CC(O)CCCCC)cc(c2c37)C1=O)c64)C(=O)N(CCCCCCCCCCCC)C5=O. The van der Waals surface area contributed by atoms with E-state index < -0.39 is 12.2 Å². The normalized spacial score (nSPS) is 14.2. The number of carbonyl (C=O) groups is 4. The van der Waals surface area contributed by atoms with Gasteiger partial charge in [-0.25, -0.2) is 0 Å². The van der Waals surface area contributed by atoms with Crippen LogP contribution in [-0.2, 0) is 0 Å². The van der Waals surface area contributed by atoms with Crippen molar-refractivity contribution in [3.05, 3.63) is 69.8 Å².